The third-order valence-electron chi connectivity index (χ3n) is 3.19. The maximum Gasteiger partial charge on any atom is 0.0364 e. The van der Waals surface area contributed by atoms with Gasteiger partial charge in [0.2, 0.25) is 0 Å². The van der Waals surface area contributed by atoms with E-state index in [4.69, 9.17) is 11.6 Å². The highest BCUT2D eigenvalue weighted by atomic mass is 35.5. The summed E-state index contributed by atoms with van der Waals surface area (Å²) in [6, 6.07) is 0. The second kappa shape index (κ2) is 4.00. The smallest absolute Gasteiger partial charge is 0.0364 e. The monoisotopic (exact) mass is 188 g/mol. The van der Waals surface area contributed by atoms with Gasteiger partial charge in [0.15, 0.2) is 0 Å². The summed E-state index contributed by atoms with van der Waals surface area (Å²) < 4.78 is 0. The first-order valence-electron chi connectivity index (χ1n) is 5.21. The van der Waals surface area contributed by atoms with Crippen LogP contribution in [0.4, 0.5) is 0 Å². The Hall–Kier alpha value is 0.290. The highest BCUT2D eigenvalue weighted by Gasteiger charge is 2.45. The lowest BCUT2D eigenvalue weighted by atomic mass is 9.93. The summed E-state index contributed by atoms with van der Waals surface area (Å²) in [7, 11) is 0. The molecule has 0 radical (unpaired) electrons. The van der Waals surface area contributed by atoms with Crippen molar-refractivity contribution in [3.05, 3.63) is 0 Å². The molecule has 1 saturated carbocycles. The summed E-state index contributed by atoms with van der Waals surface area (Å²) in [4.78, 5) is 0. The van der Waals surface area contributed by atoms with Crippen molar-refractivity contribution < 1.29 is 0 Å². The summed E-state index contributed by atoms with van der Waals surface area (Å²) in [5.74, 6) is 0.853. The molecule has 0 saturated heterocycles. The molecule has 0 aromatic carbocycles. The van der Waals surface area contributed by atoms with Gasteiger partial charge >= 0.3 is 0 Å². The number of alkyl halides is 1. The summed E-state index contributed by atoms with van der Waals surface area (Å²) in [5, 5.41) is 0.393. The molecule has 72 valence electrons. The van der Waals surface area contributed by atoms with Gasteiger partial charge < -0.3 is 0 Å². The van der Waals surface area contributed by atoms with Crippen molar-refractivity contribution >= 4 is 11.6 Å². The minimum Gasteiger partial charge on any atom is -0.123 e. The normalized spacial score (nSPS) is 22.8. The van der Waals surface area contributed by atoms with Crippen molar-refractivity contribution in [1.82, 2.24) is 0 Å². The summed E-state index contributed by atoms with van der Waals surface area (Å²) in [5.41, 5.74) is 0.552. The number of halogens is 1. The molecule has 1 fully saturated rings. The van der Waals surface area contributed by atoms with E-state index in [2.05, 4.69) is 20.8 Å². The van der Waals surface area contributed by atoms with Crippen LogP contribution in [-0.4, -0.2) is 5.38 Å². The SMILES string of the molecule is CC(C)CCCC1(C(C)Cl)CC1. The fourth-order valence-electron chi connectivity index (χ4n) is 1.87. The topological polar surface area (TPSA) is 0 Å². The van der Waals surface area contributed by atoms with Crippen molar-refractivity contribution in [2.75, 3.05) is 0 Å². The number of hydrogen-bond acceptors (Lipinski definition) is 0. The Morgan fingerprint density at radius 3 is 2.17 bits per heavy atom. The molecular formula is C11H21Cl. The van der Waals surface area contributed by atoms with Gasteiger partial charge in [-0.25, -0.2) is 0 Å². The van der Waals surface area contributed by atoms with Crippen LogP contribution in [0.5, 0.6) is 0 Å². The van der Waals surface area contributed by atoms with Gasteiger partial charge in [-0.05, 0) is 37.5 Å². The van der Waals surface area contributed by atoms with Crippen LogP contribution in [0.3, 0.4) is 0 Å². The predicted molar refractivity (Wildman–Crippen MR) is 55.7 cm³/mol. The van der Waals surface area contributed by atoms with Crippen molar-refractivity contribution in [1.29, 1.82) is 0 Å². The lowest BCUT2D eigenvalue weighted by Crippen LogP contribution is -2.12. The highest BCUT2D eigenvalue weighted by Crippen LogP contribution is 2.54. The van der Waals surface area contributed by atoms with Crippen LogP contribution < -0.4 is 0 Å². The van der Waals surface area contributed by atoms with E-state index in [9.17, 15) is 0 Å². The zero-order valence-electron chi connectivity index (χ0n) is 8.57. The Morgan fingerprint density at radius 2 is 1.83 bits per heavy atom. The minimum atomic E-state index is 0.393. The molecule has 0 spiro atoms. The summed E-state index contributed by atoms with van der Waals surface area (Å²) >= 11 is 6.15. The van der Waals surface area contributed by atoms with Gasteiger partial charge in [-0.1, -0.05) is 26.7 Å². The van der Waals surface area contributed by atoms with Crippen LogP contribution in [0.15, 0.2) is 0 Å². The maximum atomic E-state index is 6.15. The minimum absolute atomic E-state index is 0.393. The first kappa shape index (κ1) is 10.4. The average Bonchev–Trinajstić information content (AvgIpc) is 2.68. The Kier molecular flexibility index (Phi) is 3.46. The zero-order valence-corrected chi connectivity index (χ0v) is 9.32. The van der Waals surface area contributed by atoms with E-state index in [0.29, 0.717) is 10.8 Å². The van der Waals surface area contributed by atoms with Gasteiger partial charge in [0, 0.05) is 5.38 Å². The van der Waals surface area contributed by atoms with Gasteiger partial charge in [-0.3, -0.25) is 0 Å². The van der Waals surface area contributed by atoms with E-state index in [-0.39, 0.29) is 0 Å². The van der Waals surface area contributed by atoms with Gasteiger partial charge in [-0.15, -0.1) is 11.6 Å². The summed E-state index contributed by atoms with van der Waals surface area (Å²) in [6.07, 6.45) is 6.83. The second-order valence-corrected chi connectivity index (χ2v) is 5.42. The first-order valence-corrected chi connectivity index (χ1v) is 5.64. The van der Waals surface area contributed by atoms with Crippen molar-refractivity contribution in [3.8, 4) is 0 Å². The Morgan fingerprint density at radius 1 is 1.25 bits per heavy atom. The standard InChI is InChI=1S/C11H21Cl/c1-9(2)5-4-6-11(7-8-11)10(3)12/h9-10H,4-8H2,1-3H3. The molecule has 0 aliphatic heterocycles. The Bertz CT molecular complexity index is 134. The van der Waals surface area contributed by atoms with Crippen LogP contribution in [0.1, 0.15) is 52.9 Å². The largest absolute Gasteiger partial charge is 0.123 e. The van der Waals surface area contributed by atoms with E-state index < -0.39 is 0 Å². The molecule has 1 aliphatic carbocycles. The molecule has 0 bridgehead atoms. The van der Waals surface area contributed by atoms with E-state index in [0.717, 1.165) is 5.92 Å². The molecule has 0 amide bonds. The van der Waals surface area contributed by atoms with Crippen LogP contribution >= 0.6 is 11.6 Å². The predicted octanol–water partition coefficient (Wildman–Crippen LogP) is 4.22. The molecule has 0 N–H and O–H groups in total. The molecule has 0 nitrogen and oxygen atoms in total. The van der Waals surface area contributed by atoms with Gasteiger partial charge in [0.1, 0.15) is 0 Å². The molecule has 0 heterocycles. The van der Waals surface area contributed by atoms with Crippen LogP contribution in [0.2, 0.25) is 0 Å². The molecule has 1 unspecified atom stereocenters. The second-order valence-electron chi connectivity index (χ2n) is 4.76. The van der Waals surface area contributed by atoms with E-state index >= 15 is 0 Å². The fourth-order valence-corrected chi connectivity index (χ4v) is 2.20. The third-order valence-corrected chi connectivity index (χ3v) is 3.66. The molecule has 0 aromatic rings. The Balaban J connectivity index is 2.14. The Labute approximate surface area is 81.7 Å². The van der Waals surface area contributed by atoms with Crippen LogP contribution in [0, 0.1) is 11.3 Å². The van der Waals surface area contributed by atoms with Gasteiger partial charge in [0.05, 0.1) is 0 Å². The number of hydrogen-bond donors (Lipinski definition) is 0. The first-order chi connectivity index (χ1) is 5.57. The van der Waals surface area contributed by atoms with Crippen LogP contribution in [0.25, 0.3) is 0 Å². The van der Waals surface area contributed by atoms with Crippen molar-refractivity contribution in [2.24, 2.45) is 11.3 Å². The van der Waals surface area contributed by atoms with Gasteiger partial charge in [-0.2, -0.15) is 0 Å². The number of rotatable bonds is 5. The molecule has 1 heteroatoms. The van der Waals surface area contributed by atoms with Crippen molar-refractivity contribution in [3.63, 3.8) is 0 Å². The van der Waals surface area contributed by atoms with E-state index in [1.54, 1.807) is 0 Å². The molecule has 0 aromatic heterocycles. The van der Waals surface area contributed by atoms with E-state index in [1.165, 1.54) is 32.1 Å². The maximum absolute atomic E-state index is 6.15. The van der Waals surface area contributed by atoms with E-state index in [1.807, 2.05) is 0 Å². The molecular weight excluding hydrogens is 168 g/mol. The molecule has 1 aliphatic rings. The fraction of sp³-hybridized carbons (Fsp3) is 1.00. The van der Waals surface area contributed by atoms with Crippen molar-refractivity contribution in [2.45, 2.75) is 58.3 Å². The quantitative estimate of drug-likeness (QED) is 0.567. The highest BCUT2D eigenvalue weighted by molar-refractivity contribution is 6.21. The average molecular weight is 189 g/mol. The third kappa shape index (κ3) is 2.65. The zero-order chi connectivity index (χ0) is 9.19. The molecule has 1 atom stereocenters. The van der Waals surface area contributed by atoms with Crippen LogP contribution in [-0.2, 0) is 0 Å². The lowest BCUT2D eigenvalue weighted by molar-refractivity contribution is 0.409. The molecule has 12 heavy (non-hydrogen) atoms. The van der Waals surface area contributed by atoms with Gasteiger partial charge in [0.25, 0.3) is 0 Å². The summed E-state index contributed by atoms with van der Waals surface area (Å²) in [6.45, 7) is 6.75. The lowest BCUT2D eigenvalue weighted by Gasteiger charge is -2.17. The molecule has 1 rings (SSSR count).